The molecule has 0 saturated carbocycles. The third kappa shape index (κ3) is 5.09. The number of alkyl halides is 1. The highest BCUT2D eigenvalue weighted by atomic mass is 32.1. The van der Waals surface area contributed by atoms with Crippen molar-refractivity contribution in [3.63, 3.8) is 0 Å². The van der Waals surface area contributed by atoms with Crippen molar-refractivity contribution in [3.8, 4) is 10.6 Å². The number of carbonyl (C=O) groups is 1. The number of nitrogens with one attached hydrogen (secondary N) is 1. The summed E-state index contributed by atoms with van der Waals surface area (Å²) in [6.07, 6.45) is -0.745. The molecule has 0 bridgehead atoms. The highest BCUT2D eigenvalue weighted by molar-refractivity contribution is 7.13. The van der Waals surface area contributed by atoms with Crippen LogP contribution >= 0.6 is 11.3 Å². The zero-order chi connectivity index (χ0) is 26.1. The third-order valence-corrected chi connectivity index (χ3v) is 6.89. The van der Waals surface area contributed by atoms with Crippen LogP contribution in [0.25, 0.3) is 10.6 Å². The Hall–Kier alpha value is -3.00. The number of nitrogens with two attached hydrogens (primary N) is 1. The van der Waals surface area contributed by atoms with Crippen LogP contribution in [0.4, 0.5) is 18.9 Å². The molecule has 0 radical (unpaired) electrons. The Morgan fingerprint density at radius 2 is 2.11 bits per heavy atom. The van der Waals surface area contributed by atoms with Gasteiger partial charge >= 0.3 is 0 Å². The smallest absolute Gasteiger partial charge is 0.256 e. The number of halogens is 3. The Labute approximate surface area is 209 Å². The molecule has 3 aromatic rings. The molecule has 9 nitrogen and oxygen atoms in total. The van der Waals surface area contributed by atoms with Gasteiger partial charge in [-0.15, -0.1) is 11.3 Å². The normalized spacial score (nSPS) is 21.2. The Balaban J connectivity index is 1.57. The highest BCUT2D eigenvalue weighted by Gasteiger charge is 2.30. The summed E-state index contributed by atoms with van der Waals surface area (Å²) in [4.78, 5) is 17.6. The number of rotatable bonds is 6. The second kappa shape index (κ2) is 10.5. The molecule has 1 aliphatic heterocycles. The van der Waals surface area contributed by atoms with Crippen LogP contribution in [0, 0.1) is 11.6 Å². The molecule has 1 aromatic carbocycles. The molecular formula is C23H27F3N6O3S. The minimum absolute atomic E-state index is 0.0317. The largest absolute Gasteiger partial charge is 0.369 e. The average Bonchev–Trinajstić information content (AvgIpc) is 3.42. The molecule has 1 amide bonds. The van der Waals surface area contributed by atoms with Crippen LogP contribution in [-0.4, -0.2) is 63.6 Å². The number of hydrogen-bond acceptors (Lipinski definition) is 8. The first kappa shape index (κ1) is 26.1. The van der Waals surface area contributed by atoms with Crippen LogP contribution < -0.4 is 11.1 Å². The van der Waals surface area contributed by atoms with Gasteiger partial charge in [0.05, 0.1) is 35.3 Å². The van der Waals surface area contributed by atoms with Crippen molar-refractivity contribution >= 4 is 22.9 Å². The predicted molar refractivity (Wildman–Crippen MR) is 128 cm³/mol. The number of amides is 1. The molecule has 4 N–H and O–H groups in total. The van der Waals surface area contributed by atoms with Crippen LogP contribution in [0.5, 0.6) is 0 Å². The van der Waals surface area contributed by atoms with Crippen molar-refractivity contribution in [3.05, 3.63) is 52.3 Å². The number of thiazole rings is 1. The third-order valence-electron chi connectivity index (χ3n) is 6.01. The van der Waals surface area contributed by atoms with E-state index in [1.165, 1.54) is 30.6 Å². The van der Waals surface area contributed by atoms with Gasteiger partial charge in [-0.25, -0.2) is 18.2 Å². The lowest BCUT2D eigenvalue weighted by atomic mass is 10.0. The molecule has 13 heteroatoms. The molecule has 36 heavy (non-hydrogen) atoms. The number of aryl methyl sites for hydroxylation is 1. The predicted octanol–water partition coefficient (Wildman–Crippen LogP) is 3.14. The van der Waals surface area contributed by atoms with Gasteiger partial charge in [0.25, 0.3) is 5.91 Å². The molecule has 0 spiro atoms. The van der Waals surface area contributed by atoms with E-state index in [0.717, 1.165) is 23.5 Å². The van der Waals surface area contributed by atoms with E-state index in [9.17, 15) is 18.7 Å². The van der Waals surface area contributed by atoms with E-state index in [0.29, 0.717) is 24.2 Å². The molecule has 1 saturated heterocycles. The summed E-state index contributed by atoms with van der Waals surface area (Å²) in [6.45, 7) is -0.152. The Kier molecular flexibility index (Phi) is 7.64. The molecule has 4 atom stereocenters. The fraction of sp³-hybridized carbons (Fsp3) is 0.435. The first-order valence-corrected chi connectivity index (χ1v) is 12.1. The fourth-order valence-electron chi connectivity index (χ4n) is 4.00. The molecule has 194 valence electrons. The zero-order valence-corrected chi connectivity index (χ0v) is 20.7. The van der Waals surface area contributed by atoms with Gasteiger partial charge in [0.15, 0.2) is 6.23 Å². The number of aliphatic hydroxyl groups is 1. The summed E-state index contributed by atoms with van der Waals surface area (Å²) in [5.74, 6) is -2.52. The minimum atomic E-state index is -1.35. The van der Waals surface area contributed by atoms with Gasteiger partial charge in [0.2, 0.25) is 0 Å². The topological polar surface area (TPSA) is 119 Å². The van der Waals surface area contributed by atoms with Gasteiger partial charge in [0, 0.05) is 32.6 Å². The SMILES string of the molecule is CN(C)C(=O)c1ccc(F)c(-c2nc(C(O)Nc3cnn(C)c3[C@@H]3CC[C@@H](N)[C@H](F)CO3)cs2)c1F. The van der Waals surface area contributed by atoms with Gasteiger partial charge in [-0.3, -0.25) is 9.48 Å². The Morgan fingerprint density at radius 1 is 1.36 bits per heavy atom. The van der Waals surface area contributed by atoms with E-state index < -0.39 is 47.7 Å². The van der Waals surface area contributed by atoms with Crippen LogP contribution in [0.1, 0.15) is 46.9 Å². The summed E-state index contributed by atoms with van der Waals surface area (Å²) in [6, 6.07) is 1.47. The van der Waals surface area contributed by atoms with E-state index in [4.69, 9.17) is 10.5 Å². The average molecular weight is 525 g/mol. The molecule has 1 aliphatic rings. The second-order valence-electron chi connectivity index (χ2n) is 8.75. The number of anilines is 1. The van der Waals surface area contributed by atoms with Gasteiger partial charge in [0.1, 0.15) is 34.6 Å². The lowest BCUT2D eigenvalue weighted by Crippen LogP contribution is -2.32. The summed E-state index contributed by atoms with van der Waals surface area (Å²) >= 11 is 0.922. The minimum Gasteiger partial charge on any atom is -0.369 e. The maximum atomic E-state index is 15.1. The van der Waals surface area contributed by atoms with Crippen molar-refractivity contribution in [2.75, 3.05) is 26.0 Å². The van der Waals surface area contributed by atoms with Gasteiger partial charge in [-0.05, 0) is 25.0 Å². The van der Waals surface area contributed by atoms with E-state index >= 15 is 4.39 Å². The molecular weight excluding hydrogens is 497 g/mol. The van der Waals surface area contributed by atoms with Crippen LogP contribution in [0.2, 0.25) is 0 Å². The maximum absolute atomic E-state index is 15.1. The fourth-order valence-corrected chi connectivity index (χ4v) is 4.87. The molecule has 2 aromatic heterocycles. The van der Waals surface area contributed by atoms with E-state index in [1.807, 2.05) is 0 Å². The van der Waals surface area contributed by atoms with Crippen molar-refractivity contribution in [2.45, 2.75) is 37.4 Å². The highest BCUT2D eigenvalue weighted by Crippen LogP contribution is 2.35. The Morgan fingerprint density at radius 3 is 2.83 bits per heavy atom. The Bertz CT molecular complexity index is 1240. The number of aromatic nitrogens is 3. The van der Waals surface area contributed by atoms with Crippen LogP contribution in [0.3, 0.4) is 0 Å². The lowest BCUT2D eigenvalue weighted by molar-refractivity contribution is 0.0246. The first-order chi connectivity index (χ1) is 17.1. The number of aliphatic hydroxyl groups excluding tert-OH is 1. The first-order valence-electron chi connectivity index (χ1n) is 11.2. The van der Waals surface area contributed by atoms with Crippen molar-refractivity contribution in [1.29, 1.82) is 0 Å². The van der Waals surface area contributed by atoms with Gasteiger partial charge < -0.3 is 25.8 Å². The lowest BCUT2D eigenvalue weighted by Gasteiger charge is -2.19. The summed E-state index contributed by atoms with van der Waals surface area (Å²) in [7, 11) is 4.62. The molecule has 0 aliphatic carbocycles. The van der Waals surface area contributed by atoms with Crippen LogP contribution in [-0.2, 0) is 11.8 Å². The van der Waals surface area contributed by atoms with Crippen molar-refractivity contribution < 1.29 is 27.8 Å². The number of nitrogens with zero attached hydrogens (tertiary/aromatic N) is 4. The quantitative estimate of drug-likeness (QED) is 0.424. The maximum Gasteiger partial charge on any atom is 0.256 e. The van der Waals surface area contributed by atoms with Gasteiger partial charge in [-0.2, -0.15) is 5.10 Å². The van der Waals surface area contributed by atoms with E-state index in [-0.39, 0.29) is 22.9 Å². The van der Waals surface area contributed by atoms with E-state index in [2.05, 4.69) is 15.4 Å². The number of hydrogen-bond donors (Lipinski definition) is 3. The standard InChI is InChI=1S/C23H27F3N6O3S/c1-31(2)23(34)11-4-5-12(24)18(19(11)26)22-30-16(10-36-22)21(33)29-15-8-28-32(3)20(15)17-7-6-14(27)13(25)9-35-17/h4-5,8,10,13-14,17,21,29,33H,6-7,9,27H2,1-3H3/t13-,14-,17+,21?/m1/s1. The number of ether oxygens (including phenoxy) is 1. The molecule has 3 heterocycles. The molecule has 1 unspecified atom stereocenters. The number of carbonyl (C=O) groups excluding carboxylic acids is 1. The van der Waals surface area contributed by atoms with E-state index in [1.54, 1.807) is 11.7 Å². The van der Waals surface area contributed by atoms with Gasteiger partial charge in [-0.1, -0.05) is 0 Å². The van der Waals surface area contributed by atoms with Crippen molar-refractivity contribution in [1.82, 2.24) is 19.7 Å². The summed E-state index contributed by atoms with van der Waals surface area (Å²) in [5.41, 5.74) is 6.23. The molecule has 1 fully saturated rings. The zero-order valence-electron chi connectivity index (χ0n) is 19.9. The van der Waals surface area contributed by atoms with Crippen molar-refractivity contribution in [2.24, 2.45) is 12.8 Å². The van der Waals surface area contributed by atoms with Crippen LogP contribution in [0.15, 0.2) is 23.7 Å². The number of benzene rings is 1. The monoisotopic (exact) mass is 524 g/mol. The second-order valence-corrected chi connectivity index (χ2v) is 9.61. The summed E-state index contributed by atoms with van der Waals surface area (Å²) in [5, 5.41) is 19.3. The summed E-state index contributed by atoms with van der Waals surface area (Å²) < 4.78 is 50.9. The molecule has 4 rings (SSSR count).